The van der Waals surface area contributed by atoms with Gasteiger partial charge in [-0.05, 0) is 45.1 Å². The van der Waals surface area contributed by atoms with E-state index in [-0.39, 0.29) is 29.4 Å². The SMILES string of the molecule is CCNC(=NCC1(c2ccccc2)CCC1)N1CCC(OCC)CC1.I. The Balaban J connectivity index is 0.00000243. The zero-order chi connectivity index (χ0) is 17.5. The van der Waals surface area contributed by atoms with Crippen molar-refractivity contribution in [2.45, 2.75) is 57.5 Å². The number of piperidine rings is 1. The Labute approximate surface area is 175 Å². The summed E-state index contributed by atoms with van der Waals surface area (Å²) >= 11 is 0. The summed E-state index contributed by atoms with van der Waals surface area (Å²) in [7, 11) is 0. The fourth-order valence-electron chi connectivity index (χ4n) is 4.06. The molecule has 0 unspecified atom stereocenters. The zero-order valence-electron chi connectivity index (χ0n) is 16.2. The molecule has 5 heteroatoms. The Morgan fingerprint density at radius 3 is 2.42 bits per heavy atom. The molecule has 0 aromatic heterocycles. The summed E-state index contributed by atoms with van der Waals surface area (Å²) in [5.74, 6) is 1.08. The number of hydrogen-bond acceptors (Lipinski definition) is 2. The van der Waals surface area contributed by atoms with Gasteiger partial charge in [-0.2, -0.15) is 0 Å². The van der Waals surface area contributed by atoms with E-state index in [2.05, 4.69) is 54.4 Å². The molecule has 4 nitrogen and oxygen atoms in total. The summed E-state index contributed by atoms with van der Waals surface area (Å²) in [4.78, 5) is 7.48. The molecule has 0 spiro atoms. The average Bonchev–Trinajstić information content (AvgIpc) is 2.62. The molecule has 0 amide bonds. The summed E-state index contributed by atoms with van der Waals surface area (Å²) < 4.78 is 5.78. The Bertz CT molecular complexity index is 552. The van der Waals surface area contributed by atoms with Crippen LogP contribution in [-0.2, 0) is 10.2 Å². The molecule has 1 heterocycles. The molecule has 26 heavy (non-hydrogen) atoms. The van der Waals surface area contributed by atoms with Gasteiger partial charge in [0.15, 0.2) is 5.96 Å². The third-order valence-electron chi connectivity index (χ3n) is 5.71. The second-order valence-corrected chi connectivity index (χ2v) is 7.31. The number of benzene rings is 1. The standard InChI is InChI=1S/C21H33N3O.HI/c1-3-22-20(24-15-11-19(12-16-24)25-4-2)23-17-21(13-8-14-21)18-9-6-5-7-10-18;/h5-7,9-10,19H,3-4,8,11-17H2,1-2H3,(H,22,23);1H. The molecule has 2 aliphatic rings. The minimum absolute atomic E-state index is 0. The number of nitrogens with one attached hydrogen (secondary N) is 1. The molecule has 1 saturated carbocycles. The number of halogens is 1. The van der Waals surface area contributed by atoms with Crippen LogP contribution in [0.15, 0.2) is 35.3 Å². The molecule has 1 aromatic carbocycles. The highest BCUT2D eigenvalue weighted by Crippen LogP contribution is 2.43. The molecule has 1 aromatic rings. The highest BCUT2D eigenvalue weighted by Gasteiger charge is 2.38. The van der Waals surface area contributed by atoms with E-state index in [1.54, 1.807) is 0 Å². The fraction of sp³-hybridized carbons (Fsp3) is 0.667. The number of rotatable bonds is 6. The van der Waals surface area contributed by atoms with E-state index in [0.29, 0.717) is 6.10 Å². The van der Waals surface area contributed by atoms with Crippen molar-refractivity contribution in [3.63, 3.8) is 0 Å². The van der Waals surface area contributed by atoms with Crippen molar-refractivity contribution >= 4 is 29.9 Å². The monoisotopic (exact) mass is 471 g/mol. The largest absolute Gasteiger partial charge is 0.378 e. The summed E-state index contributed by atoms with van der Waals surface area (Å²) in [5, 5.41) is 3.51. The number of likely N-dealkylation sites (tertiary alicyclic amines) is 1. The van der Waals surface area contributed by atoms with Crippen molar-refractivity contribution in [1.29, 1.82) is 0 Å². The van der Waals surface area contributed by atoms with E-state index < -0.39 is 0 Å². The average molecular weight is 471 g/mol. The van der Waals surface area contributed by atoms with E-state index in [0.717, 1.165) is 51.6 Å². The Morgan fingerprint density at radius 1 is 1.19 bits per heavy atom. The lowest BCUT2D eigenvalue weighted by Gasteiger charge is -2.42. The molecule has 0 radical (unpaired) electrons. The van der Waals surface area contributed by atoms with Crippen molar-refractivity contribution in [2.75, 3.05) is 32.8 Å². The molecule has 1 N–H and O–H groups in total. The van der Waals surface area contributed by atoms with Gasteiger partial charge >= 0.3 is 0 Å². The van der Waals surface area contributed by atoms with E-state index >= 15 is 0 Å². The predicted octanol–water partition coefficient (Wildman–Crippen LogP) is 4.19. The zero-order valence-corrected chi connectivity index (χ0v) is 18.6. The first-order valence-electron chi connectivity index (χ1n) is 9.98. The van der Waals surface area contributed by atoms with Crippen LogP contribution >= 0.6 is 24.0 Å². The number of aliphatic imine (C=N–C) groups is 1. The highest BCUT2D eigenvalue weighted by molar-refractivity contribution is 14.0. The van der Waals surface area contributed by atoms with E-state index in [9.17, 15) is 0 Å². The summed E-state index contributed by atoms with van der Waals surface area (Å²) in [6.07, 6.45) is 6.45. The fourth-order valence-corrected chi connectivity index (χ4v) is 4.06. The van der Waals surface area contributed by atoms with Gasteiger partial charge in [-0.1, -0.05) is 36.8 Å². The van der Waals surface area contributed by atoms with Gasteiger partial charge in [-0.25, -0.2) is 0 Å². The van der Waals surface area contributed by atoms with Crippen LogP contribution < -0.4 is 5.32 Å². The van der Waals surface area contributed by atoms with E-state index in [4.69, 9.17) is 9.73 Å². The van der Waals surface area contributed by atoms with Crippen molar-refractivity contribution in [3.8, 4) is 0 Å². The maximum Gasteiger partial charge on any atom is 0.193 e. The first-order valence-corrected chi connectivity index (χ1v) is 9.98. The highest BCUT2D eigenvalue weighted by atomic mass is 127. The van der Waals surface area contributed by atoms with Crippen molar-refractivity contribution < 1.29 is 4.74 Å². The van der Waals surface area contributed by atoms with E-state index in [1.807, 2.05) is 0 Å². The molecule has 1 saturated heterocycles. The maximum absolute atomic E-state index is 5.78. The van der Waals surface area contributed by atoms with Gasteiger partial charge in [-0.15, -0.1) is 24.0 Å². The molecular formula is C21H34IN3O. The van der Waals surface area contributed by atoms with Crippen LogP contribution in [0, 0.1) is 0 Å². The first kappa shape index (κ1) is 21.5. The molecule has 3 rings (SSSR count). The minimum atomic E-state index is 0. The van der Waals surface area contributed by atoms with Gasteiger partial charge < -0.3 is 15.0 Å². The minimum Gasteiger partial charge on any atom is -0.378 e. The molecule has 0 atom stereocenters. The predicted molar refractivity (Wildman–Crippen MR) is 120 cm³/mol. The summed E-state index contributed by atoms with van der Waals surface area (Å²) in [5.41, 5.74) is 1.71. The molecule has 1 aliphatic carbocycles. The quantitative estimate of drug-likeness (QED) is 0.384. The van der Waals surface area contributed by atoms with Gasteiger partial charge in [0.05, 0.1) is 12.6 Å². The van der Waals surface area contributed by atoms with Crippen LogP contribution in [0.5, 0.6) is 0 Å². The number of hydrogen-bond donors (Lipinski definition) is 1. The lowest BCUT2D eigenvalue weighted by atomic mass is 9.64. The van der Waals surface area contributed by atoms with Crippen LogP contribution in [0.1, 0.15) is 51.5 Å². The van der Waals surface area contributed by atoms with Gasteiger partial charge in [-0.3, -0.25) is 4.99 Å². The topological polar surface area (TPSA) is 36.9 Å². The van der Waals surface area contributed by atoms with Crippen molar-refractivity contribution in [3.05, 3.63) is 35.9 Å². The second kappa shape index (κ2) is 10.5. The lowest BCUT2D eigenvalue weighted by molar-refractivity contribution is 0.0263. The molecule has 146 valence electrons. The van der Waals surface area contributed by atoms with Gasteiger partial charge in [0.1, 0.15) is 0 Å². The Morgan fingerprint density at radius 2 is 1.88 bits per heavy atom. The number of nitrogens with zero attached hydrogens (tertiary/aromatic N) is 2. The third-order valence-corrected chi connectivity index (χ3v) is 5.71. The summed E-state index contributed by atoms with van der Waals surface area (Å²) in [6, 6.07) is 11.0. The molecule has 2 fully saturated rings. The van der Waals surface area contributed by atoms with Crippen LogP contribution in [0.3, 0.4) is 0 Å². The van der Waals surface area contributed by atoms with Crippen molar-refractivity contribution in [1.82, 2.24) is 10.2 Å². The van der Waals surface area contributed by atoms with Crippen LogP contribution in [-0.4, -0.2) is 49.7 Å². The van der Waals surface area contributed by atoms with Crippen LogP contribution in [0.25, 0.3) is 0 Å². The van der Waals surface area contributed by atoms with Gasteiger partial charge in [0.25, 0.3) is 0 Å². The molecule has 1 aliphatic heterocycles. The molecular weight excluding hydrogens is 437 g/mol. The normalized spacial score (nSPS) is 20.2. The summed E-state index contributed by atoms with van der Waals surface area (Å²) in [6.45, 7) is 8.94. The maximum atomic E-state index is 5.78. The van der Waals surface area contributed by atoms with Gasteiger partial charge in [0.2, 0.25) is 0 Å². The first-order chi connectivity index (χ1) is 12.3. The molecule has 0 bridgehead atoms. The van der Waals surface area contributed by atoms with Crippen molar-refractivity contribution in [2.24, 2.45) is 4.99 Å². The van der Waals surface area contributed by atoms with E-state index in [1.165, 1.54) is 24.8 Å². The van der Waals surface area contributed by atoms with Crippen LogP contribution in [0.4, 0.5) is 0 Å². The van der Waals surface area contributed by atoms with Crippen LogP contribution in [0.2, 0.25) is 0 Å². The van der Waals surface area contributed by atoms with Gasteiger partial charge in [0, 0.05) is 31.7 Å². The smallest absolute Gasteiger partial charge is 0.193 e. The lowest BCUT2D eigenvalue weighted by Crippen LogP contribution is -2.48. The second-order valence-electron chi connectivity index (χ2n) is 7.31. The third kappa shape index (κ3) is 5.12. The Kier molecular flexibility index (Phi) is 8.67. The Hall–Kier alpha value is -0.820. The number of ether oxygens (including phenoxy) is 1. The number of guanidine groups is 1.